The van der Waals surface area contributed by atoms with Gasteiger partial charge in [-0.2, -0.15) is 0 Å². The number of methoxy groups -OCH3 is 2. The third kappa shape index (κ3) is 2.37. The summed E-state index contributed by atoms with van der Waals surface area (Å²) >= 11 is 6.03. The van der Waals surface area contributed by atoms with Crippen molar-refractivity contribution in [3.63, 3.8) is 0 Å². The minimum absolute atomic E-state index is 0.00324. The van der Waals surface area contributed by atoms with Crippen LogP contribution in [0, 0.1) is 0 Å². The quantitative estimate of drug-likeness (QED) is 0.790. The second kappa shape index (κ2) is 5.24. The number of carbonyl (C=O) groups is 2. The summed E-state index contributed by atoms with van der Waals surface area (Å²) in [5.41, 5.74) is 0.575. The zero-order valence-corrected chi connectivity index (χ0v) is 11.0. The molecule has 0 fully saturated rings. The molecule has 0 saturated carbocycles. The van der Waals surface area contributed by atoms with Crippen LogP contribution in [0.15, 0.2) is 24.3 Å². The van der Waals surface area contributed by atoms with E-state index < -0.39 is 11.9 Å². The first kappa shape index (κ1) is 13.3. The number of ether oxygens (including phenoxy) is 2. The van der Waals surface area contributed by atoms with Gasteiger partial charge in [-0.15, -0.1) is 0 Å². The fourth-order valence-electron chi connectivity index (χ4n) is 1.70. The number of hydrogen-bond donors (Lipinski definition) is 0. The van der Waals surface area contributed by atoms with E-state index in [4.69, 9.17) is 16.3 Å². The monoisotopic (exact) mass is 279 g/mol. The predicted molar refractivity (Wildman–Crippen MR) is 69.4 cm³/mol. The Morgan fingerprint density at radius 3 is 2.47 bits per heavy atom. The third-order valence-electron chi connectivity index (χ3n) is 2.59. The summed E-state index contributed by atoms with van der Waals surface area (Å²) in [7, 11) is 2.50. The Bertz CT molecular complexity index is 669. The Hall–Kier alpha value is -2.14. The van der Waals surface area contributed by atoms with Gasteiger partial charge in [0.25, 0.3) is 0 Å². The lowest BCUT2D eigenvalue weighted by atomic mass is 10.1. The lowest BCUT2D eigenvalue weighted by Crippen LogP contribution is -2.09. The summed E-state index contributed by atoms with van der Waals surface area (Å²) in [5.74, 6) is -1.22. The van der Waals surface area contributed by atoms with E-state index in [1.54, 1.807) is 18.2 Å². The van der Waals surface area contributed by atoms with Crippen molar-refractivity contribution in [3.8, 4) is 0 Å². The van der Waals surface area contributed by atoms with Gasteiger partial charge in [-0.3, -0.25) is 0 Å². The summed E-state index contributed by atoms with van der Waals surface area (Å²) in [6.45, 7) is 0. The largest absolute Gasteiger partial charge is 0.465 e. The number of aromatic nitrogens is 1. The van der Waals surface area contributed by atoms with Crippen LogP contribution in [0.1, 0.15) is 20.8 Å². The van der Waals surface area contributed by atoms with Gasteiger partial charge in [0.05, 0.1) is 30.3 Å². The summed E-state index contributed by atoms with van der Waals surface area (Å²) < 4.78 is 9.29. The molecule has 19 heavy (non-hydrogen) atoms. The standard InChI is InChI=1S/C13H10ClNO4/c1-18-12(16)8-6-10(13(17)19-2)15-11-7(8)4-3-5-9(11)14/h3-6H,1-2H3. The number of halogens is 1. The Labute approximate surface area is 114 Å². The first-order chi connectivity index (χ1) is 9.08. The highest BCUT2D eigenvalue weighted by Gasteiger charge is 2.18. The molecule has 0 aliphatic carbocycles. The summed E-state index contributed by atoms with van der Waals surface area (Å²) in [4.78, 5) is 27.4. The van der Waals surface area contributed by atoms with Crippen LogP contribution in [0.3, 0.4) is 0 Å². The molecular weight excluding hydrogens is 270 g/mol. The summed E-state index contributed by atoms with van der Waals surface area (Å²) in [6.07, 6.45) is 0. The van der Waals surface area contributed by atoms with E-state index in [-0.39, 0.29) is 11.3 Å². The van der Waals surface area contributed by atoms with Gasteiger partial charge in [-0.05, 0) is 12.1 Å². The predicted octanol–water partition coefficient (Wildman–Crippen LogP) is 2.46. The molecule has 0 saturated heterocycles. The first-order valence-electron chi connectivity index (χ1n) is 5.34. The molecular formula is C13H10ClNO4. The highest BCUT2D eigenvalue weighted by atomic mass is 35.5. The number of nitrogens with zero attached hydrogens (tertiary/aromatic N) is 1. The van der Waals surface area contributed by atoms with E-state index in [1.165, 1.54) is 20.3 Å². The van der Waals surface area contributed by atoms with E-state index in [9.17, 15) is 9.59 Å². The maximum absolute atomic E-state index is 11.8. The highest BCUT2D eigenvalue weighted by molar-refractivity contribution is 6.35. The van der Waals surface area contributed by atoms with Crippen LogP contribution in [0.2, 0.25) is 5.02 Å². The molecule has 2 rings (SSSR count). The van der Waals surface area contributed by atoms with Crippen molar-refractivity contribution in [2.45, 2.75) is 0 Å². The lowest BCUT2D eigenvalue weighted by molar-refractivity contribution is 0.0594. The molecule has 0 radical (unpaired) electrons. The Balaban J connectivity index is 2.80. The fourth-order valence-corrected chi connectivity index (χ4v) is 1.92. The van der Waals surface area contributed by atoms with Crippen LogP contribution in [-0.2, 0) is 9.47 Å². The van der Waals surface area contributed by atoms with E-state index in [0.29, 0.717) is 15.9 Å². The molecule has 0 aliphatic rings. The SMILES string of the molecule is COC(=O)c1cc(C(=O)OC)c2cccc(Cl)c2n1. The van der Waals surface area contributed by atoms with Gasteiger partial charge in [0, 0.05) is 5.39 Å². The van der Waals surface area contributed by atoms with Gasteiger partial charge >= 0.3 is 11.9 Å². The van der Waals surface area contributed by atoms with E-state index in [2.05, 4.69) is 9.72 Å². The molecule has 0 bridgehead atoms. The molecule has 1 heterocycles. The second-order valence-corrected chi connectivity index (χ2v) is 4.08. The van der Waals surface area contributed by atoms with Gasteiger partial charge in [0.15, 0.2) is 0 Å². The Morgan fingerprint density at radius 2 is 1.84 bits per heavy atom. The fraction of sp³-hybridized carbons (Fsp3) is 0.154. The van der Waals surface area contributed by atoms with Gasteiger partial charge < -0.3 is 9.47 Å². The minimum atomic E-state index is -0.646. The van der Waals surface area contributed by atoms with Crippen LogP contribution in [0.5, 0.6) is 0 Å². The van der Waals surface area contributed by atoms with Gasteiger partial charge in [0.2, 0.25) is 0 Å². The topological polar surface area (TPSA) is 65.5 Å². The molecule has 2 aromatic rings. The van der Waals surface area contributed by atoms with E-state index in [0.717, 1.165) is 0 Å². The number of pyridine rings is 1. The minimum Gasteiger partial charge on any atom is -0.465 e. The molecule has 5 nitrogen and oxygen atoms in total. The third-order valence-corrected chi connectivity index (χ3v) is 2.90. The second-order valence-electron chi connectivity index (χ2n) is 3.67. The molecule has 0 amide bonds. The van der Waals surface area contributed by atoms with Crippen molar-refractivity contribution in [2.24, 2.45) is 0 Å². The molecule has 0 spiro atoms. The summed E-state index contributed by atoms with van der Waals surface area (Å²) in [5, 5.41) is 0.861. The lowest BCUT2D eigenvalue weighted by Gasteiger charge is -2.08. The molecule has 0 atom stereocenters. The van der Waals surface area contributed by atoms with Crippen molar-refractivity contribution in [1.82, 2.24) is 4.98 Å². The maximum atomic E-state index is 11.8. The van der Waals surface area contributed by atoms with Gasteiger partial charge in [-0.25, -0.2) is 14.6 Å². The zero-order chi connectivity index (χ0) is 14.0. The van der Waals surface area contributed by atoms with Crippen molar-refractivity contribution >= 4 is 34.4 Å². The van der Waals surface area contributed by atoms with Crippen LogP contribution in [0.4, 0.5) is 0 Å². The van der Waals surface area contributed by atoms with Crippen molar-refractivity contribution in [2.75, 3.05) is 14.2 Å². The number of carbonyl (C=O) groups excluding carboxylic acids is 2. The van der Waals surface area contributed by atoms with Crippen molar-refractivity contribution in [1.29, 1.82) is 0 Å². The Kier molecular flexibility index (Phi) is 3.66. The van der Waals surface area contributed by atoms with Gasteiger partial charge in [-0.1, -0.05) is 23.7 Å². The van der Waals surface area contributed by atoms with E-state index in [1.807, 2.05) is 0 Å². The molecule has 1 aromatic heterocycles. The van der Waals surface area contributed by atoms with Crippen LogP contribution in [0.25, 0.3) is 10.9 Å². The first-order valence-corrected chi connectivity index (χ1v) is 5.72. The number of fused-ring (bicyclic) bond motifs is 1. The molecule has 98 valence electrons. The zero-order valence-electron chi connectivity index (χ0n) is 10.3. The highest BCUT2D eigenvalue weighted by Crippen LogP contribution is 2.25. The Morgan fingerprint density at radius 1 is 1.16 bits per heavy atom. The van der Waals surface area contributed by atoms with Crippen molar-refractivity contribution in [3.05, 3.63) is 40.5 Å². The molecule has 0 aliphatic heterocycles. The number of hydrogen-bond acceptors (Lipinski definition) is 5. The molecule has 1 aromatic carbocycles. The normalized spacial score (nSPS) is 10.3. The molecule has 0 unspecified atom stereocenters. The van der Waals surface area contributed by atoms with Crippen LogP contribution < -0.4 is 0 Å². The average Bonchev–Trinajstić information content (AvgIpc) is 2.45. The number of para-hydroxylation sites is 1. The van der Waals surface area contributed by atoms with E-state index >= 15 is 0 Å². The molecule has 0 N–H and O–H groups in total. The summed E-state index contributed by atoms with van der Waals surface area (Å²) in [6, 6.07) is 6.33. The maximum Gasteiger partial charge on any atom is 0.356 e. The number of rotatable bonds is 2. The molecule has 6 heteroatoms. The van der Waals surface area contributed by atoms with Crippen LogP contribution in [-0.4, -0.2) is 31.1 Å². The van der Waals surface area contributed by atoms with Crippen LogP contribution >= 0.6 is 11.6 Å². The van der Waals surface area contributed by atoms with Crippen molar-refractivity contribution < 1.29 is 19.1 Å². The number of benzene rings is 1. The smallest absolute Gasteiger partial charge is 0.356 e. The average molecular weight is 280 g/mol. The number of esters is 2. The van der Waals surface area contributed by atoms with Gasteiger partial charge in [0.1, 0.15) is 5.69 Å².